The number of carbonyl (C=O) groups is 1. The first-order valence-corrected chi connectivity index (χ1v) is 7.31. The van der Waals surface area contributed by atoms with Crippen LogP contribution < -0.4 is 5.32 Å². The van der Waals surface area contributed by atoms with Gasteiger partial charge in [-0.05, 0) is 44.0 Å². The number of aryl methyl sites for hydroxylation is 1. The van der Waals surface area contributed by atoms with Gasteiger partial charge in [0.15, 0.2) is 0 Å². The van der Waals surface area contributed by atoms with E-state index in [9.17, 15) is 4.79 Å². The summed E-state index contributed by atoms with van der Waals surface area (Å²) in [5, 5.41) is 3.23. The Kier molecular flexibility index (Phi) is 3.86. The summed E-state index contributed by atoms with van der Waals surface area (Å²) in [6.45, 7) is 3.78. The molecule has 1 aromatic heterocycles. The fraction of sp³-hybridized carbons (Fsp3) is 0.294. The molecular formula is C17H19N3O. The average Bonchev–Trinajstić information content (AvgIpc) is 3.04. The van der Waals surface area contributed by atoms with Gasteiger partial charge >= 0.3 is 0 Å². The highest BCUT2D eigenvalue weighted by Gasteiger charge is 2.19. The van der Waals surface area contributed by atoms with E-state index in [0.717, 1.165) is 37.4 Å². The second-order valence-corrected chi connectivity index (χ2v) is 5.42. The number of aromatic nitrogens is 1. The maximum Gasteiger partial charge on any atom is 0.255 e. The van der Waals surface area contributed by atoms with Gasteiger partial charge in [-0.2, -0.15) is 0 Å². The maximum absolute atomic E-state index is 12.2. The number of nitrogens with zero attached hydrogens (tertiary/aromatic N) is 2. The summed E-state index contributed by atoms with van der Waals surface area (Å²) < 4.78 is 0. The van der Waals surface area contributed by atoms with E-state index in [1.807, 2.05) is 41.3 Å². The molecule has 1 aliphatic heterocycles. The van der Waals surface area contributed by atoms with Crippen molar-refractivity contribution in [1.82, 2.24) is 9.88 Å². The predicted molar refractivity (Wildman–Crippen MR) is 83.8 cm³/mol. The molecule has 4 nitrogen and oxygen atoms in total. The minimum atomic E-state index is 0.0851. The van der Waals surface area contributed by atoms with E-state index >= 15 is 0 Å². The molecule has 2 aromatic rings. The maximum atomic E-state index is 12.2. The largest absolute Gasteiger partial charge is 0.340 e. The lowest BCUT2D eigenvalue weighted by atomic mass is 10.2. The number of carbonyl (C=O) groups excluding carboxylic acids is 1. The molecule has 0 aliphatic carbocycles. The Labute approximate surface area is 124 Å². The summed E-state index contributed by atoms with van der Waals surface area (Å²) >= 11 is 0. The Bertz CT molecular complexity index is 613. The van der Waals surface area contributed by atoms with Crippen molar-refractivity contribution < 1.29 is 4.79 Å². The molecule has 0 bridgehead atoms. The number of nitrogens with one attached hydrogen (secondary N) is 1. The fourth-order valence-electron chi connectivity index (χ4n) is 2.48. The van der Waals surface area contributed by atoms with Gasteiger partial charge in [-0.3, -0.25) is 4.79 Å². The number of hydrogen-bond donors (Lipinski definition) is 1. The average molecular weight is 281 g/mol. The van der Waals surface area contributed by atoms with E-state index in [-0.39, 0.29) is 5.91 Å². The normalized spacial score (nSPS) is 14.2. The second-order valence-electron chi connectivity index (χ2n) is 5.42. The number of likely N-dealkylation sites (tertiary alicyclic amines) is 1. The molecule has 0 spiro atoms. The van der Waals surface area contributed by atoms with Crippen LogP contribution in [-0.2, 0) is 0 Å². The number of pyridine rings is 1. The molecule has 1 aliphatic rings. The number of rotatable bonds is 3. The summed E-state index contributed by atoms with van der Waals surface area (Å²) in [5.41, 5.74) is 2.87. The van der Waals surface area contributed by atoms with Crippen LogP contribution in [0.4, 0.5) is 11.5 Å². The van der Waals surface area contributed by atoms with Gasteiger partial charge in [0.05, 0.1) is 5.56 Å². The highest BCUT2D eigenvalue weighted by Crippen LogP contribution is 2.17. The standard InChI is InChI=1S/C17H19N3O/c1-13-4-7-15(8-5-13)19-16-9-6-14(12-18-16)17(21)20-10-2-3-11-20/h4-9,12H,2-3,10-11H2,1H3,(H,18,19). The van der Waals surface area contributed by atoms with Crippen LogP contribution in [0.15, 0.2) is 42.6 Å². The number of anilines is 2. The molecule has 1 N–H and O–H groups in total. The monoisotopic (exact) mass is 281 g/mol. The summed E-state index contributed by atoms with van der Waals surface area (Å²) in [6, 6.07) is 11.8. The molecule has 1 aromatic carbocycles. The van der Waals surface area contributed by atoms with Crippen LogP contribution in [0, 0.1) is 6.92 Å². The molecule has 0 atom stereocenters. The van der Waals surface area contributed by atoms with E-state index in [1.165, 1.54) is 5.56 Å². The van der Waals surface area contributed by atoms with Gasteiger partial charge in [0.25, 0.3) is 5.91 Å². The number of hydrogen-bond acceptors (Lipinski definition) is 3. The van der Waals surface area contributed by atoms with Gasteiger partial charge in [-0.1, -0.05) is 17.7 Å². The lowest BCUT2D eigenvalue weighted by Crippen LogP contribution is -2.27. The summed E-state index contributed by atoms with van der Waals surface area (Å²) in [4.78, 5) is 18.4. The van der Waals surface area contributed by atoms with Crippen molar-refractivity contribution >= 4 is 17.4 Å². The third kappa shape index (κ3) is 3.21. The molecule has 1 amide bonds. The summed E-state index contributed by atoms with van der Waals surface area (Å²) in [6.07, 6.45) is 3.86. The predicted octanol–water partition coefficient (Wildman–Crippen LogP) is 3.37. The third-order valence-corrected chi connectivity index (χ3v) is 3.73. The van der Waals surface area contributed by atoms with Crippen molar-refractivity contribution in [3.63, 3.8) is 0 Å². The Morgan fingerprint density at radius 1 is 1.10 bits per heavy atom. The highest BCUT2D eigenvalue weighted by atomic mass is 16.2. The van der Waals surface area contributed by atoms with Gasteiger partial charge in [0.2, 0.25) is 0 Å². The first-order valence-electron chi connectivity index (χ1n) is 7.31. The lowest BCUT2D eigenvalue weighted by Gasteiger charge is -2.15. The Balaban J connectivity index is 1.68. The molecule has 108 valence electrons. The molecule has 3 rings (SSSR count). The van der Waals surface area contributed by atoms with E-state index < -0.39 is 0 Å². The van der Waals surface area contributed by atoms with Crippen LogP contribution in [0.25, 0.3) is 0 Å². The Morgan fingerprint density at radius 3 is 2.43 bits per heavy atom. The minimum absolute atomic E-state index is 0.0851. The number of benzene rings is 1. The zero-order valence-corrected chi connectivity index (χ0v) is 12.2. The van der Waals surface area contributed by atoms with Gasteiger partial charge in [-0.15, -0.1) is 0 Å². The second kappa shape index (κ2) is 5.95. The van der Waals surface area contributed by atoms with Gasteiger partial charge in [0.1, 0.15) is 5.82 Å². The zero-order valence-electron chi connectivity index (χ0n) is 12.2. The van der Waals surface area contributed by atoms with Crippen LogP contribution in [0.5, 0.6) is 0 Å². The Morgan fingerprint density at radius 2 is 1.81 bits per heavy atom. The van der Waals surface area contributed by atoms with E-state index in [4.69, 9.17) is 0 Å². The van der Waals surface area contributed by atoms with Gasteiger partial charge in [0, 0.05) is 25.0 Å². The van der Waals surface area contributed by atoms with E-state index in [0.29, 0.717) is 5.56 Å². The van der Waals surface area contributed by atoms with Crippen molar-refractivity contribution in [3.05, 3.63) is 53.7 Å². The molecule has 0 unspecified atom stereocenters. The summed E-state index contributed by atoms with van der Waals surface area (Å²) in [7, 11) is 0. The Hall–Kier alpha value is -2.36. The SMILES string of the molecule is Cc1ccc(Nc2ccc(C(=O)N3CCCC3)cn2)cc1. The smallest absolute Gasteiger partial charge is 0.255 e. The quantitative estimate of drug-likeness (QED) is 0.938. The van der Waals surface area contributed by atoms with Crippen molar-refractivity contribution in [3.8, 4) is 0 Å². The molecule has 1 fully saturated rings. The van der Waals surface area contributed by atoms with Crippen LogP contribution in [0.3, 0.4) is 0 Å². The van der Waals surface area contributed by atoms with Gasteiger partial charge < -0.3 is 10.2 Å². The van der Waals surface area contributed by atoms with Crippen LogP contribution in [0.2, 0.25) is 0 Å². The van der Waals surface area contributed by atoms with Crippen molar-refractivity contribution in [2.45, 2.75) is 19.8 Å². The van der Waals surface area contributed by atoms with E-state index in [1.54, 1.807) is 6.20 Å². The first-order chi connectivity index (χ1) is 10.2. The summed E-state index contributed by atoms with van der Waals surface area (Å²) in [5.74, 6) is 0.832. The highest BCUT2D eigenvalue weighted by molar-refractivity contribution is 5.94. The molecule has 4 heteroatoms. The molecule has 0 radical (unpaired) electrons. The van der Waals surface area contributed by atoms with E-state index in [2.05, 4.69) is 17.2 Å². The fourth-order valence-corrected chi connectivity index (χ4v) is 2.48. The van der Waals surface area contributed by atoms with Crippen LogP contribution in [0.1, 0.15) is 28.8 Å². The number of amides is 1. The van der Waals surface area contributed by atoms with Crippen LogP contribution in [-0.4, -0.2) is 28.9 Å². The molecular weight excluding hydrogens is 262 g/mol. The van der Waals surface area contributed by atoms with Crippen LogP contribution >= 0.6 is 0 Å². The molecule has 0 saturated carbocycles. The third-order valence-electron chi connectivity index (χ3n) is 3.73. The topological polar surface area (TPSA) is 45.2 Å². The molecule has 21 heavy (non-hydrogen) atoms. The van der Waals surface area contributed by atoms with Crippen molar-refractivity contribution in [1.29, 1.82) is 0 Å². The minimum Gasteiger partial charge on any atom is -0.340 e. The molecule has 1 saturated heterocycles. The van der Waals surface area contributed by atoms with Crippen molar-refractivity contribution in [2.75, 3.05) is 18.4 Å². The first kappa shape index (κ1) is 13.6. The lowest BCUT2D eigenvalue weighted by molar-refractivity contribution is 0.0792. The van der Waals surface area contributed by atoms with Gasteiger partial charge in [-0.25, -0.2) is 4.98 Å². The molecule has 2 heterocycles. The zero-order chi connectivity index (χ0) is 14.7. The van der Waals surface area contributed by atoms with Crippen molar-refractivity contribution in [2.24, 2.45) is 0 Å².